The van der Waals surface area contributed by atoms with Gasteiger partial charge < -0.3 is 10.2 Å². The van der Waals surface area contributed by atoms with Crippen molar-refractivity contribution >= 4 is 38.8 Å². The van der Waals surface area contributed by atoms with Crippen LogP contribution in [0.3, 0.4) is 0 Å². The number of nitrogens with one attached hydrogen (secondary N) is 1. The first-order valence-electron chi connectivity index (χ1n) is 9.75. The summed E-state index contributed by atoms with van der Waals surface area (Å²) in [4.78, 5) is 14.3. The molecule has 4 rings (SSSR count). The number of hydrogen-bond donors (Lipinski definition) is 1. The van der Waals surface area contributed by atoms with E-state index in [0.29, 0.717) is 30.7 Å². The molecule has 2 heterocycles. The van der Waals surface area contributed by atoms with Crippen LogP contribution in [0.1, 0.15) is 11.1 Å². The van der Waals surface area contributed by atoms with E-state index in [9.17, 15) is 13.2 Å². The van der Waals surface area contributed by atoms with Crippen molar-refractivity contribution in [2.24, 2.45) is 0 Å². The van der Waals surface area contributed by atoms with E-state index in [2.05, 4.69) is 20.1 Å². The summed E-state index contributed by atoms with van der Waals surface area (Å²) in [6.07, 6.45) is 0.757. The molecule has 0 aliphatic carbocycles. The largest absolute Gasteiger partial charge is 0.338 e. The third kappa shape index (κ3) is 4.30. The molecule has 0 saturated carbocycles. The maximum atomic E-state index is 13.1. The number of nitrogens with zero attached hydrogens (tertiary/aromatic N) is 4. The van der Waals surface area contributed by atoms with Crippen LogP contribution in [0.15, 0.2) is 47.4 Å². The van der Waals surface area contributed by atoms with E-state index in [0.717, 1.165) is 18.1 Å². The standard InChI is InChI=1S/C20H23N5O3S2/c1-15-4-2-5-16(14-15)8-9-21-20(26)24-10-12-25(13-11-24)30(27,28)18-7-3-6-17-19(18)23-29-22-17/h2-7,14H,8-13H2,1H3,(H,21,26). The fraction of sp³-hybridized carbons (Fsp3) is 0.350. The molecule has 10 heteroatoms. The molecular formula is C20H23N5O3S2. The van der Waals surface area contributed by atoms with Gasteiger partial charge in [0.2, 0.25) is 10.0 Å². The zero-order valence-corrected chi connectivity index (χ0v) is 18.2. The van der Waals surface area contributed by atoms with Gasteiger partial charge in [0.05, 0.1) is 11.7 Å². The van der Waals surface area contributed by atoms with Crippen molar-refractivity contribution in [2.75, 3.05) is 32.7 Å². The number of rotatable bonds is 5. The first-order chi connectivity index (χ1) is 14.4. The topological polar surface area (TPSA) is 95.5 Å². The SMILES string of the molecule is Cc1cccc(CCNC(=O)N2CCN(S(=O)(=O)c3cccc4nsnc34)CC2)c1. The number of amides is 2. The summed E-state index contributed by atoms with van der Waals surface area (Å²) in [6, 6.07) is 13.0. The van der Waals surface area contributed by atoms with Gasteiger partial charge in [-0.05, 0) is 31.0 Å². The minimum atomic E-state index is -3.69. The number of benzene rings is 2. The van der Waals surface area contributed by atoms with Crippen LogP contribution < -0.4 is 5.32 Å². The Labute approximate surface area is 179 Å². The predicted octanol–water partition coefficient (Wildman–Crippen LogP) is 2.26. The van der Waals surface area contributed by atoms with Crippen molar-refractivity contribution in [3.63, 3.8) is 0 Å². The molecular weight excluding hydrogens is 422 g/mol. The van der Waals surface area contributed by atoms with Crippen molar-refractivity contribution in [3.05, 3.63) is 53.6 Å². The minimum Gasteiger partial charge on any atom is -0.338 e. The average Bonchev–Trinajstić information content (AvgIpc) is 3.22. The Balaban J connectivity index is 1.33. The van der Waals surface area contributed by atoms with E-state index in [1.165, 1.54) is 15.4 Å². The van der Waals surface area contributed by atoms with Crippen LogP contribution >= 0.6 is 11.7 Å². The van der Waals surface area contributed by atoms with Crippen molar-refractivity contribution in [2.45, 2.75) is 18.2 Å². The number of hydrogen-bond acceptors (Lipinski definition) is 6. The molecule has 1 aliphatic rings. The van der Waals surface area contributed by atoms with Gasteiger partial charge in [-0.25, -0.2) is 13.2 Å². The minimum absolute atomic E-state index is 0.162. The second kappa shape index (κ2) is 8.66. The van der Waals surface area contributed by atoms with E-state index < -0.39 is 10.0 Å². The summed E-state index contributed by atoms with van der Waals surface area (Å²) in [5.74, 6) is 0. The predicted molar refractivity (Wildman–Crippen MR) is 116 cm³/mol. The van der Waals surface area contributed by atoms with Crippen LogP contribution in [0.25, 0.3) is 11.0 Å². The Kier molecular flexibility index (Phi) is 5.98. The summed E-state index contributed by atoms with van der Waals surface area (Å²) in [5, 5.41) is 2.93. The quantitative estimate of drug-likeness (QED) is 0.650. The van der Waals surface area contributed by atoms with Crippen LogP contribution in [-0.2, 0) is 16.4 Å². The Morgan fingerprint density at radius 2 is 1.87 bits per heavy atom. The number of aromatic nitrogens is 2. The van der Waals surface area contributed by atoms with E-state index in [1.54, 1.807) is 23.1 Å². The van der Waals surface area contributed by atoms with Crippen molar-refractivity contribution < 1.29 is 13.2 Å². The van der Waals surface area contributed by atoms with Crippen molar-refractivity contribution in [1.29, 1.82) is 0 Å². The van der Waals surface area contributed by atoms with Gasteiger partial charge in [-0.15, -0.1) is 0 Å². The number of fused-ring (bicyclic) bond motifs is 1. The lowest BCUT2D eigenvalue weighted by Gasteiger charge is -2.34. The molecule has 2 amide bonds. The maximum Gasteiger partial charge on any atom is 0.317 e. The maximum absolute atomic E-state index is 13.1. The molecule has 8 nitrogen and oxygen atoms in total. The fourth-order valence-electron chi connectivity index (χ4n) is 3.55. The van der Waals surface area contributed by atoms with Gasteiger partial charge >= 0.3 is 6.03 Å². The lowest BCUT2D eigenvalue weighted by molar-refractivity contribution is 0.172. The average molecular weight is 446 g/mol. The van der Waals surface area contributed by atoms with E-state index >= 15 is 0 Å². The Morgan fingerprint density at radius 1 is 1.10 bits per heavy atom. The van der Waals surface area contributed by atoms with Gasteiger partial charge in [-0.1, -0.05) is 35.9 Å². The normalized spacial score (nSPS) is 15.4. The Morgan fingerprint density at radius 3 is 2.63 bits per heavy atom. The van der Waals surface area contributed by atoms with Gasteiger partial charge in [0.1, 0.15) is 15.9 Å². The molecule has 30 heavy (non-hydrogen) atoms. The highest BCUT2D eigenvalue weighted by Crippen LogP contribution is 2.25. The molecule has 0 atom stereocenters. The van der Waals surface area contributed by atoms with Crippen LogP contribution in [-0.4, -0.2) is 65.1 Å². The van der Waals surface area contributed by atoms with Gasteiger partial charge in [-0.2, -0.15) is 13.1 Å². The number of urea groups is 1. The third-order valence-corrected chi connectivity index (χ3v) is 7.64. The van der Waals surface area contributed by atoms with Gasteiger partial charge in [0.15, 0.2) is 0 Å². The molecule has 1 saturated heterocycles. The zero-order valence-electron chi connectivity index (χ0n) is 16.6. The van der Waals surface area contributed by atoms with Crippen LogP contribution in [0.5, 0.6) is 0 Å². The van der Waals surface area contributed by atoms with Gasteiger partial charge in [0.25, 0.3) is 0 Å². The van der Waals surface area contributed by atoms with Crippen LogP contribution in [0.2, 0.25) is 0 Å². The highest BCUT2D eigenvalue weighted by Gasteiger charge is 2.31. The number of piperazine rings is 1. The monoisotopic (exact) mass is 445 g/mol. The van der Waals surface area contributed by atoms with Crippen molar-refractivity contribution in [1.82, 2.24) is 23.3 Å². The van der Waals surface area contributed by atoms with E-state index in [1.807, 2.05) is 25.1 Å². The summed E-state index contributed by atoms with van der Waals surface area (Å²) in [5.41, 5.74) is 3.35. The Bertz CT molecular complexity index is 1150. The molecule has 0 unspecified atom stereocenters. The van der Waals surface area contributed by atoms with E-state index in [-0.39, 0.29) is 24.0 Å². The molecule has 1 aliphatic heterocycles. The number of aryl methyl sites for hydroxylation is 1. The molecule has 158 valence electrons. The summed E-state index contributed by atoms with van der Waals surface area (Å²) < 4.78 is 35.8. The van der Waals surface area contributed by atoms with Crippen LogP contribution in [0, 0.1) is 6.92 Å². The smallest absolute Gasteiger partial charge is 0.317 e. The summed E-state index contributed by atoms with van der Waals surface area (Å²) in [6.45, 7) is 3.78. The molecule has 1 aromatic heterocycles. The lowest BCUT2D eigenvalue weighted by atomic mass is 10.1. The van der Waals surface area contributed by atoms with Gasteiger partial charge in [-0.3, -0.25) is 0 Å². The fourth-order valence-corrected chi connectivity index (χ4v) is 5.73. The molecule has 0 radical (unpaired) electrons. The second-order valence-electron chi connectivity index (χ2n) is 7.25. The number of sulfonamides is 1. The van der Waals surface area contributed by atoms with E-state index in [4.69, 9.17) is 0 Å². The second-order valence-corrected chi connectivity index (χ2v) is 9.69. The molecule has 0 spiro atoms. The number of carbonyl (C=O) groups is 1. The number of carbonyl (C=O) groups excluding carboxylic acids is 1. The first-order valence-corrected chi connectivity index (χ1v) is 11.9. The highest BCUT2D eigenvalue weighted by molar-refractivity contribution is 7.89. The lowest BCUT2D eigenvalue weighted by Crippen LogP contribution is -2.53. The molecule has 1 N–H and O–H groups in total. The Hall–Kier alpha value is -2.56. The summed E-state index contributed by atoms with van der Waals surface area (Å²) >= 11 is 0.997. The molecule has 3 aromatic rings. The summed E-state index contributed by atoms with van der Waals surface area (Å²) in [7, 11) is -3.69. The zero-order chi connectivity index (χ0) is 21.1. The molecule has 2 aromatic carbocycles. The van der Waals surface area contributed by atoms with Crippen LogP contribution in [0.4, 0.5) is 4.79 Å². The molecule has 0 bridgehead atoms. The third-order valence-electron chi connectivity index (χ3n) is 5.17. The highest BCUT2D eigenvalue weighted by atomic mass is 32.2. The van der Waals surface area contributed by atoms with Gasteiger partial charge in [0, 0.05) is 32.7 Å². The molecule has 1 fully saturated rings. The van der Waals surface area contributed by atoms with Crippen molar-refractivity contribution in [3.8, 4) is 0 Å². The first kappa shape index (κ1) is 20.7.